The summed E-state index contributed by atoms with van der Waals surface area (Å²) in [5, 5.41) is 13.9. The van der Waals surface area contributed by atoms with Crippen LogP contribution in [-0.2, 0) is 17.8 Å². The van der Waals surface area contributed by atoms with Crippen molar-refractivity contribution >= 4 is 34.7 Å². The number of benzene rings is 1. The number of carbonyl (C=O) groups is 1. The fraction of sp³-hybridized carbons (Fsp3) is 0.350. The van der Waals surface area contributed by atoms with E-state index in [1.54, 1.807) is 11.3 Å². The Labute approximate surface area is 176 Å². The van der Waals surface area contributed by atoms with Crippen LogP contribution < -0.4 is 5.32 Å². The number of halogens is 2. The summed E-state index contributed by atoms with van der Waals surface area (Å²) >= 11 is 2.94. The molecule has 0 unspecified atom stereocenters. The first-order chi connectivity index (χ1) is 13.9. The van der Waals surface area contributed by atoms with Crippen molar-refractivity contribution in [1.82, 2.24) is 14.8 Å². The third-order valence-electron chi connectivity index (χ3n) is 4.40. The van der Waals surface area contributed by atoms with Crippen molar-refractivity contribution in [3.8, 4) is 11.4 Å². The van der Waals surface area contributed by atoms with E-state index in [1.807, 2.05) is 4.57 Å². The van der Waals surface area contributed by atoms with Gasteiger partial charge in [-0.2, -0.15) is 0 Å². The van der Waals surface area contributed by atoms with Gasteiger partial charge in [0.15, 0.2) is 11.0 Å². The molecule has 0 radical (unpaired) electrons. The van der Waals surface area contributed by atoms with Gasteiger partial charge >= 0.3 is 0 Å². The fourth-order valence-corrected chi connectivity index (χ4v) is 4.74. The quantitative estimate of drug-likeness (QED) is 0.487. The molecule has 0 bridgehead atoms. The molecule has 3 rings (SSSR count). The number of hydrogen-bond donors (Lipinski definition) is 1. The molecule has 0 aliphatic carbocycles. The number of carbonyl (C=O) groups excluding carboxylic acids is 1. The average molecular weight is 437 g/mol. The first-order valence-electron chi connectivity index (χ1n) is 9.32. The maximum absolute atomic E-state index is 13.7. The Hall–Kier alpha value is -2.26. The highest BCUT2D eigenvalue weighted by Gasteiger charge is 2.19. The molecule has 0 spiro atoms. The van der Waals surface area contributed by atoms with Gasteiger partial charge in [-0.25, -0.2) is 8.78 Å². The van der Waals surface area contributed by atoms with Crippen LogP contribution in [0.4, 0.5) is 14.5 Å². The van der Waals surface area contributed by atoms with Gasteiger partial charge in [0.2, 0.25) is 5.91 Å². The van der Waals surface area contributed by atoms with Crippen LogP contribution in [0.2, 0.25) is 0 Å². The van der Waals surface area contributed by atoms with E-state index in [0.717, 1.165) is 42.9 Å². The largest absolute Gasteiger partial charge is 0.323 e. The zero-order valence-electron chi connectivity index (χ0n) is 16.5. The van der Waals surface area contributed by atoms with Crippen LogP contribution in [0.25, 0.3) is 11.4 Å². The van der Waals surface area contributed by atoms with E-state index >= 15 is 0 Å². The van der Waals surface area contributed by atoms with Gasteiger partial charge in [0.25, 0.3) is 0 Å². The van der Waals surface area contributed by atoms with Gasteiger partial charge in [0.1, 0.15) is 11.6 Å². The number of hydrogen-bond acceptors (Lipinski definition) is 5. The van der Waals surface area contributed by atoms with E-state index in [-0.39, 0.29) is 11.4 Å². The summed E-state index contributed by atoms with van der Waals surface area (Å²) < 4.78 is 28.7. The molecule has 1 aromatic carbocycles. The van der Waals surface area contributed by atoms with Gasteiger partial charge < -0.3 is 9.88 Å². The molecule has 1 N–H and O–H groups in total. The van der Waals surface area contributed by atoms with Crippen molar-refractivity contribution in [2.45, 2.75) is 45.3 Å². The molecule has 0 atom stereocenters. The van der Waals surface area contributed by atoms with Gasteiger partial charge in [-0.05, 0) is 37.5 Å². The third-order valence-corrected chi connectivity index (χ3v) is 6.32. The smallest absolute Gasteiger partial charge is 0.234 e. The standard InChI is InChI=1S/C20H22F2N4OS2/c1-4-8-26-19(15-10-28-12(3)14(15)5-2)24-25-20(26)29-11-18(27)23-17-7-6-13(21)9-16(17)22/h6-7,9-10H,4-5,8,11H2,1-3H3,(H,23,27). The molecular formula is C20H22F2N4OS2. The summed E-state index contributed by atoms with van der Waals surface area (Å²) in [6.07, 6.45) is 1.81. The number of anilines is 1. The van der Waals surface area contributed by atoms with Crippen molar-refractivity contribution in [2.75, 3.05) is 11.1 Å². The SMILES string of the molecule is CCCn1c(SCC(=O)Nc2ccc(F)cc2F)nnc1-c1csc(C)c1CC. The Morgan fingerprint density at radius 3 is 2.76 bits per heavy atom. The molecule has 9 heteroatoms. The van der Waals surface area contributed by atoms with Crippen LogP contribution in [0.1, 0.15) is 30.7 Å². The summed E-state index contributed by atoms with van der Waals surface area (Å²) in [6.45, 7) is 7.02. The Morgan fingerprint density at radius 2 is 2.07 bits per heavy atom. The normalized spacial score (nSPS) is 11.1. The van der Waals surface area contributed by atoms with E-state index in [9.17, 15) is 13.6 Å². The fourth-order valence-electron chi connectivity index (χ4n) is 3.03. The third kappa shape index (κ3) is 4.84. The minimum atomic E-state index is -0.806. The Bertz CT molecular complexity index is 1020. The number of aryl methyl sites for hydroxylation is 1. The van der Waals surface area contributed by atoms with Gasteiger partial charge in [0.05, 0.1) is 11.4 Å². The lowest BCUT2D eigenvalue weighted by atomic mass is 10.1. The highest BCUT2D eigenvalue weighted by molar-refractivity contribution is 7.99. The molecule has 0 saturated carbocycles. The second-order valence-corrected chi connectivity index (χ2v) is 8.48. The summed E-state index contributed by atoms with van der Waals surface area (Å²) in [4.78, 5) is 13.5. The van der Waals surface area contributed by atoms with E-state index in [4.69, 9.17) is 0 Å². The van der Waals surface area contributed by atoms with Crippen molar-refractivity contribution in [3.05, 3.63) is 45.7 Å². The second-order valence-electron chi connectivity index (χ2n) is 6.46. The molecule has 0 saturated heterocycles. The molecule has 0 aliphatic rings. The van der Waals surface area contributed by atoms with Crippen molar-refractivity contribution in [3.63, 3.8) is 0 Å². The van der Waals surface area contributed by atoms with Crippen LogP contribution in [0, 0.1) is 18.6 Å². The van der Waals surface area contributed by atoms with E-state index in [1.165, 1.54) is 28.3 Å². The number of thiophene rings is 1. The highest BCUT2D eigenvalue weighted by Crippen LogP contribution is 2.32. The molecular weight excluding hydrogens is 414 g/mol. The Kier molecular flexibility index (Phi) is 7.02. The van der Waals surface area contributed by atoms with Crippen molar-refractivity contribution in [2.24, 2.45) is 0 Å². The van der Waals surface area contributed by atoms with Crippen molar-refractivity contribution < 1.29 is 13.6 Å². The summed E-state index contributed by atoms with van der Waals surface area (Å²) in [6, 6.07) is 3.04. The lowest BCUT2D eigenvalue weighted by Crippen LogP contribution is -2.15. The number of aromatic nitrogens is 3. The zero-order chi connectivity index (χ0) is 21.0. The minimum absolute atomic E-state index is 0.0436. The van der Waals surface area contributed by atoms with Gasteiger partial charge in [0, 0.05) is 28.4 Å². The summed E-state index contributed by atoms with van der Waals surface area (Å²) in [7, 11) is 0. The van der Waals surface area contributed by atoms with Gasteiger partial charge in [-0.15, -0.1) is 21.5 Å². The number of rotatable bonds is 8. The molecule has 1 amide bonds. The van der Waals surface area contributed by atoms with Crippen LogP contribution in [0.5, 0.6) is 0 Å². The highest BCUT2D eigenvalue weighted by atomic mass is 32.2. The van der Waals surface area contributed by atoms with E-state index in [2.05, 4.69) is 41.7 Å². The predicted octanol–water partition coefficient (Wildman–Crippen LogP) is 5.30. The number of amides is 1. The molecule has 0 fully saturated rings. The maximum atomic E-state index is 13.7. The lowest BCUT2D eigenvalue weighted by molar-refractivity contribution is -0.113. The lowest BCUT2D eigenvalue weighted by Gasteiger charge is -2.10. The molecule has 154 valence electrons. The van der Waals surface area contributed by atoms with E-state index in [0.29, 0.717) is 5.16 Å². The summed E-state index contributed by atoms with van der Waals surface area (Å²) in [5.41, 5.74) is 2.30. The molecule has 2 aromatic heterocycles. The Balaban J connectivity index is 1.75. The molecule has 29 heavy (non-hydrogen) atoms. The topological polar surface area (TPSA) is 59.8 Å². The van der Waals surface area contributed by atoms with Crippen LogP contribution in [-0.4, -0.2) is 26.4 Å². The number of thioether (sulfide) groups is 1. The molecule has 2 heterocycles. The predicted molar refractivity (Wildman–Crippen MR) is 113 cm³/mol. The Morgan fingerprint density at radius 1 is 1.28 bits per heavy atom. The van der Waals surface area contributed by atoms with Gasteiger partial charge in [-0.3, -0.25) is 4.79 Å². The minimum Gasteiger partial charge on any atom is -0.323 e. The summed E-state index contributed by atoms with van der Waals surface area (Å²) in [5.74, 6) is -1.04. The second kappa shape index (κ2) is 9.49. The first-order valence-corrected chi connectivity index (χ1v) is 11.2. The first kappa shape index (κ1) is 21.4. The zero-order valence-corrected chi connectivity index (χ0v) is 18.1. The van der Waals surface area contributed by atoms with Crippen molar-refractivity contribution in [1.29, 1.82) is 0 Å². The molecule has 0 aliphatic heterocycles. The van der Waals surface area contributed by atoms with Gasteiger partial charge in [-0.1, -0.05) is 25.6 Å². The van der Waals surface area contributed by atoms with E-state index < -0.39 is 17.5 Å². The monoisotopic (exact) mass is 436 g/mol. The van der Waals surface area contributed by atoms with Crippen LogP contribution in [0.15, 0.2) is 28.7 Å². The van der Waals surface area contributed by atoms with Crippen LogP contribution >= 0.6 is 23.1 Å². The van der Waals surface area contributed by atoms with Crippen LogP contribution in [0.3, 0.4) is 0 Å². The maximum Gasteiger partial charge on any atom is 0.234 e. The average Bonchev–Trinajstić information content (AvgIpc) is 3.25. The molecule has 5 nitrogen and oxygen atoms in total. The number of nitrogens with one attached hydrogen (secondary N) is 1. The molecule has 3 aromatic rings. The number of nitrogens with zero attached hydrogens (tertiary/aromatic N) is 3.